The third-order valence-electron chi connectivity index (χ3n) is 7.50. The van der Waals surface area contributed by atoms with Crippen molar-refractivity contribution in [2.24, 2.45) is 7.05 Å². The Bertz CT molecular complexity index is 1690. The van der Waals surface area contributed by atoms with Crippen LogP contribution >= 0.6 is 0 Å². The number of hydrogen-bond acceptors (Lipinski definition) is 9. The molecule has 0 aliphatic heterocycles. The summed E-state index contributed by atoms with van der Waals surface area (Å²) in [6, 6.07) is 9.40. The van der Waals surface area contributed by atoms with Gasteiger partial charge in [0.2, 0.25) is 0 Å². The molecule has 2 aromatic heterocycles. The molecule has 1 saturated carbocycles. The molecule has 4 aromatic rings. The van der Waals surface area contributed by atoms with Gasteiger partial charge in [0.15, 0.2) is 11.6 Å². The second kappa shape index (κ2) is 12.5. The predicted octanol–water partition coefficient (Wildman–Crippen LogP) is 4.24. The molecular weight excluding hydrogens is 584 g/mol. The lowest BCUT2D eigenvalue weighted by atomic mass is 10.0. The molecule has 5 rings (SSSR count). The summed E-state index contributed by atoms with van der Waals surface area (Å²) in [6.45, 7) is -0.307. The molecule has 1 aliphatic rings. The molecule has 0 spiro atoms. The summed E-state index contributed by atoms with van der Waals surface area (Å²) >= 11 is 0. The molecule has 0 amide bonds. The molecule has 14 heteroatoms. The largest absolute Gasteiger partial charge is 0.497 e. The number of methoxy groups -OCH3 is 3. The van der Waals surface area contributed by atoms with Crippen molar-refractivity contribution >= 4 is 15.8 Å². The summed E-state index contributed by atoms with van der Waals surface area (Å²) in [5, 5.41) is 4.21. The Morgan fingerprint density at radius 3 is 2.44 bits per heavy atom. The lowest BCUT2D eigenvalue weighted by Crippen LogP contribution is -2.32. The van der Waals surface area contributed by atoms with Crippen LogP contribution in [-0.2, 0) is 28.4 Å². The number of sulfonamides is 1. The summed E-state index contributed by atoms with van der Waals surface area (Å²) < 4.78 is 83.8. The van der Waals surface area contributed by atoms with Gasteiger partial charge in [0.25, 0.3) is 10.0 Å². The van der Waals surface area contributed by atoms with E-state index >= 15 is 8.78 Å². The van der Waals surface area contributed by atoms with Crippen LogP contribution in [0.3, 0.4) is 0 Å². The first-order chi connectivity index (χ1) is 20.7. The Hall–Kier alpha value is -4.30. The topological polar surface area (TPSA) is 118 Å². The van der Waals surface area contributed by atoms with Gasteiger partial charge in [0, 0.05) is 74.4 Å². The van der Waals surface area contributed by atoms with Gasteiger partial charge >= 0.3 is 0 Å². The molecule has 0 saturated heterocycles. The molecule has 3 atom stereocenters. The minimum absolute atomic E-state index is 0.0522. The molecule has 228 valence electrons. The maximum Gasteiger partial charge on any atom is 0.268 e. The van der Waals surface area contributed by atoms with Crippen LogP contribution in [0, 0.1) is 11.6 Å². The predicted molar refractivity (Wildman–Crippen MR) is 152 cm³/mol. The van der Waals surface area contributed by atoms with Crippen LogP contribution in [-0.4, -0.2) is 61.7 Å². The highest BCUT2D eigenvalue weighted by molar-refractivity contribution is 7.92. The molecule has 43 heavy (non-hydrogen) atoms. The minimum atomic E-state index is -4.70. The zero-order valence-electron chi connectivity index (χ0n) is 24.0. The Balaban J connectivity index is 1.49. The monoisotopic (exact) mass is 615 g/mol. The first-order valence-electron chi connectivity index (χ1n) is 13.3. The van der Waals surface area contributed by atoms with E-state index in [9.17, 15) is 8.42 Å². The van der Waals surface area contributed by atoms with Crippen molar-refractivity contribution in [2.75, 3.05) is 25.6 Å². The smallest absolute Gasteiger partial charge is 0.268 e. The maximum atomic E-state index is 15.7. The highest BCUT2D eigenvalue weighted by Gasteiger charge is 2.39. The fourth-order valence-corrected chi connectivity index (χ4v) is 6.73. The average Bonchev–Trinajstić information content (AvgIpc) is 3.62. The van der Waals surface area contributed by atoms with E-state index in [0.29, 0.717) is 36.0 Å². The highest BCUT2D eigenvalue weighted by atomic mass is 32.2. The number of hydrogen-bond donors (Lipinski definition) is 0. The van der Waals surface area contributed by atoms with E-state index in [0.717, 1.165) is 22.4 Å². The normalized spacial score (nSPS) is 18.4. The third-order valence-corrected chi connectivity index (χ3v) is 9.26. The fourth-order valence-electron chi connectivity index (χ4n) is 5.27. The summed E-state index contributed by atoms with van der Waals surface area (Å²) in [6.07, 6.45) is 4.46. The number of anilines is 1. The van der Waals surface area contributed by atoms with E-state index in [-0.39, 0.29) is 24.4 Å². The summed E-state index contributed by atoms with van der Waals surface area (Å²) in [7, 11) is 1.58. The number of nitrogens with zero attached hydrogens (tertiary/aromatic N) is 5. The van der Waals surface area contributed by atoms with Gasteiger partial charge in [0.05, 0.1) is 26.9 Å². The van der Waals surface area contributed by atoms with Crippen LogP contribution in [0.25, 0.3) is 0 Å². The van der Waals surface area contributed by atoms with Crippen molar-refractivity contribution in [1.82, 2.24) is 19.7 Å². The third kappa shape index (κ3) is 6.11. The first kappa shape index (κ1) is 30.2. The van der Waals surface area contributed by atoms with Gasteiger partial charge in [-0.05, 0) is 24.6 Å². The van der Waals surface area contributed by atoms with Crippen LogP contribution in [0.15, 0.2) is 66.1 Å². The van der Waals surface area contributed by atoms with Gasteiger partial charge in [-0.25, -0.2) is 31.5 Å². The lowest BCUT2D eigenvalue weighted by Gasteiger charge is -2.25. The number of aromatic nitrogens is 4. The molecule has 11 nitrogen and oxygen atoms in total. The van der Waals surface area contributed by atoms with E-state index in [2.05, 4.69) is 15.1 Å². The van der Waals surface area contributed by atoms with E-state index < -0.39 is 38.4 Å². The van der Waals surface area contributed by atoms with Gasteiger partial charge < -0.3 is 18.9 Å². The van der Waals surface area contributed by atoms with Crippen molar-refractivity contribution < 1.29 is 36.1 Å². The molecule has 2 heterocycles. The van der Waals surface area contributed by atoms with E-state index in [1.165, 1.54) is 26.5 Å². The molecular formula is C29H31F2N5O6S. The molecule has 1 aliphatic carbocycles. The van der Waals surface area contributed by atoms with Gasteiger partial charge in [-0.3, -0.25) is 4.68 Å². The van der Waals surface area contributed by atoms with Crippen molar-refractivity contribution in [1.29, 1.82) is 0 Å². The highest BCUT2D eigenvalue weighted by Crippen LogP contribution is 2.40. The van der Waals surface area contributed by atoms with Crippen molar-refractivity contribution in [3.05, 3.63) is 84.1 Å². The van der Waals surface area contributed by atoms with Crippen LogP contribution in [0.1, 0.15) is 30.0 Å². The SMILES string of the molecule is COc1ccc(CN(c2ccncn2)S(=O)(=O)c2cc(F)c(OC3CC(OC)CC3c3ccnn3C)cc2F)c(OC)c1. The van der Waals surface area contributed by atoms with E-state index in [1.54, 1.807) is 43.2 Å². The zero-order chi connectivity index (χ0) is 30.7. The average molecular weight is 616 g/mol. The molecule has 3 unspecified atom stereocenters. The van der Waals surface area contributed by atoms with Gasteiger partial charge in [-0.2, -0.15) is 5.10 Å². The van der Waals surface area contributed by atoms with Gasteiger partial charge in [0.1, 0.15) is 40.5 Å². The fraction of sp³-hybridized carbons (Fsp3) is 0.345. The van der Waals surface area contributed by atoms with Crippen LogP contribution in [0.2, 0.25) is 0 Å². The summed E-state index contributed by atoms with van der Waals surface area (Å²) in [5.74, 6) is -2.05. The molecule has 0 radical (unpaired) electrons. The number of rotatable bonds is 11. The van der Waals surface area contributed by atoms with Gasteiger partial charge in [-0.15, -0.1) is 0 Å². The number of benzene rings is 2. The second-order valence-electron chi connectivity index (χ2n) is 9.94. The molecule has 0 N–H and O–H groups in total. The number of aryl methyl sites for hydroxylation is 1. The van der Waals surface area contributed by atoms with E-state index in [1.807, 2.05) is 6.07 Å². The molecule has 0 bridgehead atoms. The molecule has 1 fully saturated rings. The van der Waals surface area contributed by atoms with Crippen molar-refractivity contribution in [2.45, 2.75) is 42.4 Å². The summed E-state index contributed by atoms with van der Waals surface area (Å²) in [4.78, 5) is 7.02. The zero-order valence-corrected chi connectivity index (χ0v) is 24.8. The number of ether oxygens (including phenoxy) is 4. The number of halogens is 2. The minimum Gasteiger partial charge on any atom is -0.497 e. The quantitative estimate of drug-likeness (QED) is 0.244. The van der Waals surface area contributed by atoms with Crippen molar-refractivity contribution in [3.63, 3.8) is 0 Å². The summed E-state index contributed by atoms with van der Waals surface area (Å²) in [5.41, 5.74) is 1.29. The standard InChI is InChI=1S/C29H31F2N5O6S/c1-35-24(7-10-34-35)21-11-20(40-3)13-26(21)42-27-14-23(31)28(15-22(27)30)43(37,38)36(29-8-9-32-17-33-29)16-18-5-6-19(39-2)12-25(18)41-4/h5-10,12,14-15,17,20-21,26H,11,13,16H2,1-4H3. The first-order valence-corrected chi connectivity index (χ1v) is 14.8. The maximum absolute atomic E-state index is 15.7. The Morgan fingerprint density at radius 1 is 0.977 bits per heavy atom. The lowest BCUT2D eigenvalue weighted by molar-refractivity contribution is 0.0937. The van der Waals surface area contributed by atoms with Gasteiger partial charge in [-0.1, -0.05) is 0 Å². The van der Waals surface area contributed by atoms with Crippen LogP contribution < -0.4 is 18.5 Å². The Labute approximate surface area is 248 Å². The Kier molecular flexibility index (Phi) is 8.78. The van der Waals surface area contributed by atoms with Crippen LogP contribution in [0.4, 0.5) is 14.6 Å². The van der Waals surface area contributed by atoms with E-state index in [4.69, 9.17) is 18.9 Å². The Morgan fingerprint density at radius 2 is 1.79 bits per heavy atom. The molecule has 2 aromatic carbocycles. The van der Waals surface area contributed by atoms with Crippen LogP contribution in [0.5, 0.6) is 17.2 Å². The van der Waals surface area contributed by atoms with Crippen molar-refractivity contribution in [3.8, 4) is 17.2 Å². The second-order valence-corrected chi connectivity index (χ2v) is 11.8.